The molecule has 0 saturated heterocycles. The molecular weight excluding hydrogens is 350 g/mol. The third-order valence-electron chi connectivity index (χ3n) is 4.32. The molecule has 0 aliphatic heterocycles. The molecule has 3 N–H and O–H groups in total. The van der Waals surface area contributed by atoms with Crippen molar-refractivity contribution in [2.24, 2.45) is 0 Å². The van der Waals surface area contributed by atoms with Gasteiger partial charge in [0.1, 0.15) is 11.6 Å². The number of rotatable bonds is 6. The lowest BCUT2D eigenvalue weighted by molar-refractivity contribution is 0.969. The van der Waals surface area contributed by atoms with Gasteiger partial charge in [0, 0.05) is 25.0 Å². The highest BCUT2D eigenvalue weighted by molar-refractivity contribution is 5.76. The minimum Gasteiger partial charge on any atom is -0.373 e. The van der Waals surface area contributed by atoms with Gasteiger partial charge >= 0.3 is 0 Å². The van der Waals surface area contributed by atoms with Gasteiger partial charge in [0.2, 0.25) is 5.95 Å². The first-order chi connectivity index (χ1) is 13.7. The van der Waals surface area contributed by atoms with Gasteiger partial charge in [-0.1, -0.05) is 35.9 Å². The fraction of sp³-hybridized carbons (Fsp3) is 0.143. The van der Waals surface area contributed by atoms with Crippen LogP contribution < -0.4 is 10.6 Å². The van der Waals surface area contributed by atoms with E-state index in [1.807, 2.05) is 31.3 Å². The van der Waals surface area contributed by atoms with E-state index in [0.29, 0.717) is 12.5 Å². The van der Waals surface area contributed by atoms with Crippen molar-refractivity contribution in [2.75, 3.05) is 17.7 Å². The van der Waals surface area contributed by atoms with Gasteiger partial charge in [-0.2, -0.15) is 4.98 Å². The Morgan fingerprint density at radius 2 is 1.79 bits per heavy atom. The van der Waals surface area contributed by atoms with Gasteiger partial charge in [0.05, 0.1) is 23.6 Å². The zero-order valence-electron chi connectivity index (χ0n) is 15.8. The summed E-state index contributed by atoms with van der Waals surface area (Å²) in [5, 5.41) is 6.22. The Balaban J connectivity index is 1.65. The van der Waals surface area contributed by atoms with Crippen molar-refractivity contribution >= 4 is 11.8 Å². The van der Waals surface area contributed by atoms with Crippen LogP contribution >= 0.6 is 0 Å². The number of nitrogens with one attached hydrogen (secondary N) is 3. The van der Waals surface area contributed by atoms with E-state index in [4.69, 9.17) is 4.98 Å². The number of imidazole rings is 1. The highest BCUT2D eigenvalue weighted by atomic mass is 15.1. The molecule has 1 aromatic carbocycles. The predicted molar refractivity (Wildman–Crippen MR) is 111 cm³/mol. The smallest absolute Gasteiger partial charge is 0.224 e. The Hall–Kier alpha value is -3.74. The molecule has 3 heterocycles. The van der Waals surface area contributed by atoms with Crippen molar-refractivity contribution in [3.05, 3.63) is 72.3 Å². The summed E-state index contributed by atoms with van der Waals surface area (Å²) in [5.41, 5.74) is 4.88. The monoisotopic (exact) mass is 371 g/mol. The number of aromatic nitrogens is 5. The van der Waals surface area contributed by atoms with Gasteiger partial charge in [-0.3, -0.25) is 4.98 Å². The van der Waals surface area contributed by atoms with Crippen LogP contribution in [0.4, 0.5) is 11.8 Å². The van der Waals surface area contributed by atoms with Crippen molar-refractivity contribution < 1.29 is 0 Å². The topological polar surface area (TPSA) is 91.4 Å². The fourth-order valence-electron chi connectivity index (χ4n) is 2.87. The summed E-state index contributed by atoms with van der Waals surface area (Å²) in [5.74, 6) is 2.08. The molecule has 0 fully saturated rings. The van der Waals surface area contributed by atoms with Crippen LogP contribution in [-0.4, -0.2) is 32.0 Å². The Morgan fingerprint density at radius 1 is 0.929 bits per heavy atom. The maximum absolute atomic E-state index is 4.81. The maximum atomic E-state index is 4.81. The lowest BCUT2D eigenvalue weighted by atomic mass is 10.1. The first-order valence-corrected chi connectivity index (χ1v) is 9.05. The molecule has 4 rings (SSSR count). The van der Waals surface area contributed by atoms with Crippen LogP contribution in [0.2, 0.25) is 0 Å². The second kappa shape index (κ2) is 7.87. The molecule has 3 aromatic heterocycles. The van der Waals surface area contributed by atoms with E-state index in [2.05, 4.69) is 61.8 Å². The van der Waals surface area contributed by atoms with Gasteiger partial charge < -0.3 is 15.6 Å². The Morgan fingerprint density at radius 3 is 2.54 bits per heavy atom. The third-order valence-corrected chi connectivity index (χ3v) is 4.32. The summed E-state index contributed by atoms with van der Waals surface area (Å²) in [6.07, 6.45) is 3.49. The molecule has 0 spiro atoms. The van der Waals surface area contributed by atoms with E-state index in [0.717, 1.165) is 34.3 Å². The van der Waals surface area contributed by atoms with Gasteiger partial charge in [-0.25, -0.2) is 9.97 Å². The first-order valence-electron chi connectivity index (χ1n) is 9.05. The maximum Gasteiger partial charge on any atom is 0.224 e. The molecule has 0 aliphatic carbocycles. The van der Waals surface area contributed by atoms with E-state index in [-0.39, 0.29) is 0 Å². The van der Waals surface area contributed by atoms with Gasteiger partial charge in [0.25, 0.3) is 0 Å². The minimum absolute atomic E-state index is 0.471. The zero-order valence-corrected chi connectivity index (χ0v) is 15.8. The molecule has 7 nitrogen and oxygen atoms in total. The van der Waals surface area contributed by atoms with Crippen molar-refractivity contribution in [3.63, 3.8) is 0 Å². The summed E-state index contributed by atoms with van der Waals surface area (Å²) in [4.78, 5) is 21.3. The summed E-state index contributed by atoms with van der Waals surface area (Å²) in [6, 6.07) is 16.0. The largest absolute Gasteiger partial charge is 0.373 e. The summed E-state index contributed by atoms with van der Waals surface area (Å²) in [6.45, 7) is 2.54. The number of aromatic amines is 1. The van der Waals surface area contributed by atoms with E-state index in [9.17, 15) is 0 Å². The van der Waals surface area contributed by atoms with Gasteiger partial charge in [-0.05, 0) is 25.1 Å². The van der Waals surface area contributed by atoms with Crippen molar-refractivity contribution in [1.82, 2.24) is 24.9 Å². The van der Waals surface area contributed by atoms with Crippen molar-refractivity contribution in [3.8, 4) is 22.6 Å². The lowest BCUT2D eigenvalue weighted by Crippen LogP contribution is -2.06. The van der Waals surface area contributed by atoms with Gasteiger partial charge in [0.15, 0.2) is 0 Å². The fourth-order valence-corrected chi connectivity index (χ4v) is 2.87. The van der Waals surface area contributed by atoms with Crippen molar-refractivity contribution in [1.29, 1.82) is 0 Å². The highest BCUT2D eigenvalue weighted by Gasteiger charge is 2.15. The summed E-state index contributed by atoms with van der Waals surface area (Å²) in [7, 11) is 1.83. The quantitative estimate of drug-likeness (QED) is 0.476. The van der Waals surface area contributed by atoms with Crippen LogP contribution in [-0.2, 0) is 6.54 Å². The molecule has 0 unspecified atom stereocenters. The van der Waals surface area contributed by atoms with E-state index >= 15 is 0 Å². The standard InChI is InChI=1S/C21H21N7/c1-14-6-8-15(9-7-14)19-20(16-5-3-4-11-23-16)27-18(26-19)13-25-21-24-12-10-17(22-2)28-21/h3-12H,13H2,1-2H3,(H,26,27)(H2,22,24,25,28). The van der Waals surface area contributed by atoms with Crippen LogP contribution in [0.25, 0.3) is 22.6 Å². The zero-order chi connectivity index (χ0) is 19.3. The molecule has 0 bridgehead atoms. The van der Waals surface area contributed by atoms with Crippen molar-refractivity contribution in [2.45, 2.75) is 13.5 Å². The highest BCUT2D eigenvalue weighted by Crippen LogP contribution is 2.29. The first kappa shape index (κ1) is 17.7. The lowest BCUT2D eigenvalue weighted by Gasteiger charge is -2.04. The molecule has 28 heavy (non-hydrogen) atoms. The van der Waals surface area contributed by atoms with Crippen LogP contribution in [0.15, 0.2) is 60.9 Å². The molecule has 7 heteroatoms. The molecule has 0 aliphatic rings. The minimum atomic E-state index is 0.471. The Bertz CT molecular complexity index is 1060. The number of hydrogen-bond acceptors (Lipinski definition) is 6. The van der Waals surface area contributed by atoms with E-state index < -0.39 is 0 Å². The third kappa shape index (κ3) is 3.83. The number of anilines is 2. The second-order valence-corrected chi connectivity index (χ2v) is 6.36. The normalized spacial score (nSPS) is 10.6. The van der Waals surface area contributed by atoms with E-state index in [1.165, 1.54) is 5.56 Å². The van der Waals surface area contributed by atoms with Crippen LogP contribution in [0.3, 0.4) is 0 Å². The Kier molecular flexibility index (Phi) is 4.97. The van der Waals surface area contributed by atoms with Crippen LogP contribution in [0.5, 0.6) is 0 Å². The molecule has 4 aromatic rings. The SMILES string of the molecule is CNc1ccnc(NCc2nc(-c3ccc(C)cc3)c(-c3ccccn3)[nH]2)n1. The molecule has 0 radical (unpaired) electrons. The summed E-state index contributed by atoms with van der Waals surface area (Å²) >= 11 is 0. The second-order valence-electron chi connectivity index (χ2n) is 6.36. The van der Waals surface area contributed by atoms with Crippen LogP contribution in [0.1, 0.15) is 11.4 Å². The molecule has 0 saturated carbocycles. The Labute approximate surface area is 163 Å². The number of H-pyrrole nitrogens is 1. The van der Waals surface area contributed by atoms with E-state index in [1.54, 1.807) is 12.4 Å². The number of hydrogen-bond donors (Lipinski definition) is 3. The number of aryl methyl sites for hydroxylation is 1. The average Bonchev–Trinajstić information content (AvgIpc) is 3.18. The molecule has 140 valence electrons. The number of pyridine rings is 1. The predicted octanol–water partition coefficient (Wildman–Crippen LogP) is 3.89. The van der Waals surface area contributed by atoms with Gasteiger partial charge in [-0.15, -0.1) is 0 Å². The average molecular weight is 371 g/mol. The summed E-state index contributed by atoms with van der Waals surface area (Å²) < 4.78 is 0. The number of nitrogens with zero attached hydrogens (tertiary/aromatic N) is 4. The van der Waals surface area contributed by atoms with Crippen LogP contribution in [0, 0.1) is 6.92 Å². The molecule has 0 atom stereocenters. The molecule has 0 amide bonds. The number of benzene rings is 1. The molecular formula is C21H21N7.